The van der Waals surface area contributed by atoms with E-state index in [0.29, 0.717) is 24.2 Å². The van der Waals surface area contributed by atoms with Crippen LogP contribution in [0.1, 0.15) is 39.1 Å². The zero-order chi connectivity index (χ0) is 18.9. The van der Waals surface area contributed by atoms with Crippen LogP contribution >= 0.6 is 11.3 Å². The highest BCUT2D eigenvalue weighted by Crippen LogP contribution is 2.28. The number of rotatable bonds is 5. The van der Waals surface area contributed by atoms with Gasteiger partial charge in [0.25, 0.3) is 15.9 Å². The number of aryl methyl sites for hydroxylation is 1. The zero-order valence-electron chi connectivity index (χ0n) is 14.1. The number of benzene rings is 1. The van der Waals surface area contributed by atoms with Gasteiger partial charge in [-0.1, -0.05) is 12.1 Å². The van der Waals surface area contributed by atoms with Gasteiger partial charge in [0.05, 0.1) is 16.8 Å². The van der Waals surface area contributed by atoms with Gasteiger partial charge in [-0.2, -0.15) is 0 Å². The van der Waals surface area contributed by atoms with Crippen molar-refractivity contribution in [3.05, 3.63) is 46.3 Å². The molecule has 1 amide bonds. The molecule has 0 unspecified atom stereocenters. The highest BCUT2D eigenvalue weighted by atomic mass is 32.2. The van der Waals surface area contributed by atoms with Gasteiger partial charge < -0.3 is 10.0 Å². The van der Waals surface area contributed by atoms with Crippen molar-refractivity contribution in [3.63, 3.8) is 0 Å². The number of thiophene rings is 1. The molecule has 7 nitrogen and oxygen atoms in total. The van der Waals surface area contributed by atoms with E-state index in [2.05, 4.69) is 4.72 Å². The minimum absolute atomic E-state index is 0.0893. The SMILES string of the molecule is Cc1cccc(C(=O)N2CCCC2)c1NS(=O)(=O)c1cc(C(=O)O)cs1. The molecule has 0 atom stereocenters. The summed E-state index contributed by atoms with van der Waals surface area (Å²) >= 11 is 0.823. The van der Waals surface area contributed by atoms with Gasteiger partial charge in [-0.15, -0.1) is 11.3 Å². The number of amides is 1. The smallest absolute Gasteiger partial charge is 0.336 e. The Morgan fingerprint density at radius 2 is 1.92 bits per heavy atom. The van der Waals surface area contributed by atoms with E-state index in [9.17, 15) is 18.0 Å². The molecule has 2 heterocycles. The van der Waals surface area contributed by atoms with Crippen LogP contribution < -0.4 is 4.72 Å². The maximum Gasteiger partial charge on any atom is 0.336 e. The quantitative estimate of drug-likeness (QED) is 0.812. The number of carbonyl (C=O) groups is 2. The third kappa shape index (κ3) is 3.58. The minimum Gasteiger partial charge on any atom is -0.478 e. The van der Waals surface area contributed by atoms with Gasteiger partial charge in [0.1, 0.15) is 4.21 Å². The minimum atomic E-state index is -3.99. The van der Waals surface area contributed by atoms with Crippen molar-refractivity contribution in [1.82, 2.24) is 4.90 Å². The van der Waals surface area contributed by atoms with Gasteiger partial charge >= 0.3 is 5.97 Å². The predicted octanol–water partition coefficient (Wildman–Crippen LogP) is 2.79. The number of nitrogens with one attached hydrogen (secondary N) is 1. The van der Waals surface area contributed by atoms with Crippen molar-refractivity contribution in [3.8, 4) is 0 Å². The first kappa shape index (κ1) is 18.4. The topological polar surface area (TPSA) is 104 Å². The molecule has 0 saturated carbocycles. The molecule has 3 rings (SSSR count). The average Bonchev–Trinajstić information content (AvgIpc) is 3.28. The van der Waals surface area contributed by atoms with Crippen LogP contribution in [-0.2, 0) is 10.0 Å². The van der Waals surface area contributed by atoms with E-state index in [4.69, 9.17) is 5.11 Å². The molecule has 0 spiro atoms. The van der Waals surface area contributed by atoms with E-state index in [1.807, 2.05) is 0 Å². The Kier molecular flexibility index (Phi) is 5.01. The van der Waals surface area contributed by atoms with Crippen molar-refractivity contribution in [2.75, 3.05) is 17.8 Å². The first-order valence-corrected chi connectivity index (χ1v) is 10.4. The van der Waals surface area contributed by atoms with Gasteiger partial charge in [0.15, 0.2) is 0 Å². The second kappa shape index (κ2) is 7.08. The fourth-order valence-corrected chi connectivity index (χ4v) is 5.13. The van der Waals surface area contributed by atoms with Gasteiger partial charge in [0.2, 0.25) is 0 Å². The molecule has 138 valence electrons. The number of aromatic carboxylic acids is 1. The zero-order valence-corrected chi connectivity index (χ0v) is 15.7. The summed E-state index contributed by atoms with van der Waals surface area (Å²) in [6.07, 6.45) is 1.87. The summed E-state index contributed by atoms with van der Waals surface area (Å²) in [5.41, 5.74) is 1.06. The number of likely N-dealkylation sites (tertiary alicyclic amines) is 1. The number of carboxylic acids is 1. The number of para-hydroxylation sites is 1. The summed E-state index contributed by atoms with van der Waals surface area (Å²) in [4.78, 5) is 25.4. The van der Waals surface area contributed by atoms with Gasteiger partial charge in [-0.3, -0.25) is 9.52 Å². The lowest BCUT2D eigenvalue weighted by molar-refractivity contribution is 0.0696. The van der Waals surface area contributed by atoms with Crippen molar-refractivity contribution < 1.29 is 23.1 Å². The lowest BCUT2D eigenvalue weighted by Gasteiger charge is -2.19. The predicted molar refractivity (Wildman–Crippen MR) is 98.4 cm³/mol. The number of anilines is 1. The molecule has 0 aliphatic carbocycles. The Labute approximate surface area is 155 Å². The molecule has 2 aromatic rings. The summed E-state index contributed by atoms with van der Waals surface area (Å²) in [6, 6.07) is 6.14. The first-order chi connectivity index (χ1) is 12.3. The molecule has 2 N–H and O–H groups in total. The first-order valence-electron chi connectivity index (χ1n) is 8.03. The second-order valence-corrected chi connectivity index (χ2v) is 8.88. The number of carboxylic acid groups (broad SMARTS) is 1. The van der Waals surface area contributed by atoms with E-state index in [1.54, 1.807) is 30.0 Å². The van der Waals surface area contributed by atoms with E-state index < -0.39 is 16.0 Å². The molecule has 1 aliphatic heterocycles. The largest absolute Gasteiger partial charge is 0.478 e. The lowest BCUT2D eigenvalue weighted by Crippen LogP contribution is -2.29. The van der Waals surface area contributed by atoms with Gasteiger partial charge in [-0.05, 0) is 37.5 Å². The third-order valence-electron chi connectivity index (χ3n) is 4.22. The summed E-state index contributed by atoms with van der Waals surface area (Å²) in [6.45, 7) is 3.04. The highest BCUT2D eigenvalue weighted by Gasteiger charge is 2.26. The normalized spacial score (nSPS) is 14.4. The monoisotopic (exact) mass is 394 g/mol. The fourth-order valence-electron chi connectivity index (χ4n) is 2.83. The van der Waals surface area contributed by atoms with Crippen molar-refractivity contribution in [2.45, 2.75) is 24.0 Å². The molecular weight excluding hydrogens is 376 g/mol. The molecule has 1 aliphatic rings. The van der Waals surface area contributed by atoms with Gasteiger partial charge in [0, 0.05) is 18.5 Å². The van der Waals surface area contributed by atoms with Crippen LogP contribution in [0.2, 0.25) is 0 Å². The molecule has 0 radical (unpaired) electrons. The highest BCUT2D eigenvalue weighted by molar-refractivity contribution is 7.94. The summed E-state index contributed by atoms with van der Waals surface area (Å²) in [7, 11) is -3.99. The summed E-state index contributed by atoms with van der Waals surface area (Å²) in [5, 5.41) is 10.2. The van der Waals surface area contributed by atoms with E-state index in [1.165, 1.54) is 5.38 Å². The molecule has 26 heavy (non-hydrogen) atoms. The molecule has 0 bridgehead atoms. The van der Waals surface area contributed by atoms with E-state index in [-0.39, 0.29) is 21.4 Å². The third-order valence-corrected chi connectivity index (χ3v) is 7.01. The molecule has 9 heteroatoms. The van der Waals surface area contributed by atoms with E-state index in [0.717, 1.165) is 30.2 Å². The summed E-state index contributed by atoms with van der Waals surface area (Å²) < 4.78 is 27.7. The van der Waals surface area contributed by atoms with Crippen LogP contribution in [0.3, 0.4) is 0 Å². The Balaban J connectivity index is 1.95. The maximum atomic E-state index is 12.8. The number of hydrogen-bond acceptors (Lipinski definition) is 5. The number of nitrogens with zero attached hydrogens (tertiary/aromatic N) is 1. The lowest BCUT2D eigenvalue weighted by atomic mass is 10.1. The molecule has 1 aromatic carbocycles. The van der Waals surface area contributed by atoms with Crippen LogP contribution in [0.4, 0.5) is 5.69 Å². The van der Waals surface area contributed by atoms with Crippen LogP contribution in [0.25, 0.3) is 0 Å². The second-order valence-electron chi connectivity index (χ2n) is 6.06. The maximum absolute atomic E-state index is 12.8. The molecule has 1 aromatic heterocycles. The van der Waals surface area contributed by atoms with Gasteiger partial charge in [-0.25, -0.2) is 13.2 Å². The van der Waals surface area contributed by atoms with Crippen LogP contribution in [-0.4, -0.2) is 43.4 Å². The van der Waals surface area contributed by atoms with Crippen LogP contribution in [0.15, 0.2) is 33.9 Å². The summed E-state index contributed by atoms with van der Waals surface area (Å²) in [5.74, 6) is -1.40. The molecule has 1 saturated heterocycles. The standard InChI is InChI=1S/C17H18N2O5S2/c1-11-5-4-6-13(16(20)19-7-2-3-8-19)15(11)18-26(23,24)14-9-12(10-25-14)17(21)22/h4-6,9-10,18H,2-3,7-8H2,1H3,(H,21,22). The van der Waals surface area contributed by atoms with E-state index >= 15 is 0 Å². The average molecular weight is 394 g/mol. The van der Waals surface area contributed by atoms with Crippen LogP contribution in [0, 0.1) is 6.92 Å². The Hall–Kier alpha value is -2.39. The van der Waals surface area contributed by atoms with Crippen molar-refractivity contribution in [1.29, 1.82) is 0 Å². The Morgan fingerprint density at radius 1 is 1.23 bits per heavy atom. The Bertz CT molecular complexity index is 959. The molecular formula is C17H18N2O5S2. The number of carbonyl (C=O) groups excluding carboxylic acids is 1. The Morgan fingerprint density at radius 3 is 2.54 bits per heavy atom. The van der Waals surface area contributed by atoms with Crippen LogP contribution in [0.5, 0.6) is 0 Å². The van der Waals surface area contributed by atoms with Crippen molar-refractivity contribution >= 4 is 38.9 Å². The fraction of sp³-hybridized carbons (Fsp3) is 0.294. The molecule has 1 fully saturated rings. The number of hydrogen-bond donors (Lipinski definition) is 2. The van der Waals surface area contributed by atoms with Crippen molar-refractivity contribution in [2.24, 2.45) is 0 Å². The number of sulfonamides is 1.